The Morgan fingerprint density at radius 1 is 1.33 bits per heavy atom. The van der Waals surface area contributed by atoms with Gasteiger partial charge >= 0.3 is 0 Å². The largest absolute Gasteiger partial charge is 0.497 e. The van der Waals surface area contributed by atoms with Gasteiger partial charge in [-0.3, -0.25) is 0 Å². The quantitative estimate of drug-likeness (QED) is 0.822. The van der Waals surface area contributed by atoms with Crippen LogP contribution in [0.3, 0.4) is 0 Å². The van der Waals surface area contributed by atoms with E-state index < -0.39 is 8.07 Å². The van der Waals surface area contributed by atoms with Crippen molar-refractivity contribution in [1.29, 1.82) is 0 Å². The molecule has 2 aliphatic rings. The summed E-state index contributed by atoms with van der Waals surface area (Å²) in [5.74, 6) is 1.02. The first-order valence-electron chi connectivity index (χ1n) is 8.70. The fourth-order valence-electron chi connectivity index (χ4n) is 4.42. The fourth-order valence-corrected chi connectivity index (χ4v) is 6.33. The average molecular weight is 344 g/mol. The number of allylic oxidation sites excluding steroid dienone is 1. The van der Waals surface area contributed by atoms with Gasteiger partial charge in [0, 0.05) is 11.5 Å². The number of hydrogen-bond donors (Lipinski definition) is 2. The van der Waals surface area contributed by atoms with Gasteiger partial charge < -0.3 is 15.6 Å². The highest BCUT2D eigenvalue weighted by Gasteiger charge is 2.50. The molecule has 130 valence electrons. The van der Waals surface area contributed by atoms with E-state index in [2.05, 4.69) is 38.4 Å². The predicted octanol–water partition coefficient (Wildman–Crippen LogP) is 3.75. The molecule has 1 aromatic rings. The van der Waals surface area contributed by atoms with Crippen LogP contribution in [-0.2, 0) is 0 Å². The third-order valence-electron chi connectivity index (χ3n) is 5.63. The number of rotatable bonds is 3. The number of ether oxygens (including phenoxy) is 1. The predicted molar refractivity (Wildman–Crippen MR) is 103 cm³/mol. The molecule has 0 unspecified atom stereocenters. The third kappa shape index (κ3) is 2.87. The van der Waals surface area contributed by atoms with Crippen molar-refractivity contribution in [3.8, 4) is 5.75 Å². The van der Waals surface area contributed by atoms with Gasteiger partial charge in [0.15, 0.2) is 0 Å². The van der Waals surface area contributed by atoms with E-state index in [1.807, 2.05) is 12.1 Å². The summed E-state index contributed by atoms with van der Waals surface area (Å²) in [5.41, 5.74) is 9.97. The minimum absolute atomic E-state index is 0.161. The Labute approximate surface area is 146 Å². The molecule has 0 radical (unpaired) electrons. The fraction of sp³-hybridized carbons (Fsp3) is 0.500. The summed E-state index contributed by atoms with van der Waals surface area (Å²) in [6, 6.07) is 8.23. The maximum absolute atomic E-state index is 10.2. The number of fused-ring (bicyclic) bond motifs is 1. The first-order valence-corrected chi connectivity index (χ1v) is 12.2. The molecule has 24 heavy (non-hydrogen) atoms. The van der Waals surface area contributed by atoms with Gasteiger partial charge in [-0.15, -0.1) is 0 Å². The number of aliphatic hydroxyl groups is 1. The zero-order chi connectivity index (χ0) is 17.7. The maximum atomic E-state index is 10.2. The van der Waals surface area contributed by atoms with Gasteiger partial charge in [-0.1, -0.05) is 43.5 Å². The van der Waals surface area contributed by atoms with Crippen molar-refractivity contribution in [1.82, 2.24) is 0 Å². The first kappa shape index (κ1) is 17.5. The van der Waals surface area contributed by atoms with Crippen LogP contribution >= 0.6 is 0 Å². The van der Waals surface area contributed by atoms with E-state index in [0.29, 0.717) is 6.42 Å². The molecule has 0 aliphatic heterocycles. The first-order chi connectivity index (χ1) is 11.2. The van der Waals surface area contributed by atoms with E-state index in [0.717, 1.165) is 24.2 Å². The van der Waals surface area contributed by atoms with Crippen molar-refractivity contribution in [3.63, 3.8) is 0 Å². The molecule has 0 heterocycles. The van der Waals surface area contributed by atoms with Gasteiger partial charge in [0.2, 0.25) is 0 Å². The van der Waals surface area contributed by atoms with E-state index in [9.17, 15) is 5.11 Å². The van der Waals surface area contributed by atoms with Crippen molar-refractivity contribution in [3.05, 3.63) is 47.2 Å². The van der Waals surface area contributed by atoms with Gasteiger partial charge in [0.25, 0.3) is 0 Å². The van der Waals surface area contributed by atoms with Gasteiger partial charge in [-0.2, -0.15) is 0 Å². The lowest BCUT2D eigenvalue weighted by Crippen LogP contribution is -2.49. The second-order valence-electron chi connectivity index (χ2n) is 8.42. The highest BCUT2D eigenvalue weighted by Crippen LogP contribution is 2.53. The molecular weight excluding hydrogens is 314 g/mol. The second kappa shape index (κ2) is 5.87. The zero-order valence-corrected chi connectivity index (χ0v) is 16.2. The van der Waals surface area contributed by atoms with Crippen LogP contribution in [-0.4, -0.2) is 31.9 Å². The van der Waals surface area contributed by atoms with E-state index in [1.54, 1.807) is 7.11 Å². The van der Waals surface area contributed by atoms with Crippen molar-refractivity contribution in [2.45, 2.75) is 50.5 Å². The Morgan fingerprint density at radius 2 is 2.04 bits per heavy atom. The molecule has 0 saturated heterocycles. The molecule has 0 amide bonds. The smallest absolute Gasteiger partial charge is 0.119 e. The van der Waals surface area contributed by atoms with E-state index >= 15 is 0 Å². The van der Waals surface area contributed by atoms with Gasteiger partial charge in [0.1, 0.15) is 5.75 Å². The average Bonchev–Trinajstić information content (AvgIpc) is 2.81. The van der Waals surface area contributed by atoms with Crippen LogP contribution in [0.4, 0.5) is 0 Å². The van der Waals surface area contributed by atoms with Crippen LogP contribution in [0.1, 0.15) is 24.8 Å². The Bertz CT molecular complexity index is 704. The minimum Gasteiger partial charge on any atom is -0.497 e. The summed E-state index contributed by atoms with van der Waals surface area (Å²) in [4.78, 5) is 0. The molecule has 3 N–H and O–H groups in total. The Kier molecular flexibility index (Phi) is 4.27. The molecule has 0 aromatic heterocycles. The van der Waals surface area contributed by atoms with Crippen LogP contribution in [0.5, 0.6) is 5.75 Å². The highest BCUT2D eigenvalue weighted by atomic mass is 28.3. The van der Waals surface area contributed by atoms with Crippen LogP contribution in [0.15, 0.2) is 41.6 Å². The van der Waals surface area contributed by atoms with Crippen LogP contribution in [0.25, 0.3) is 5.57 Å². The summed E-state index contributed by atoms with van der Waals surface area (Å²) in [6.07, 6.45) is 1.96. The molecule has 1 saturated carbocycles. The van der Waals surface area contributed by atoms with E-state index in [1.165, 1.54) is 16.3 Å². The summed E-state index contributed by atoms with van der Waals surface area (Å²) in [6.45, 7) is 11.5. The Hall–Kier alpha value is -1.36. The van der Waals surface area contributed by atoms with Crippen LogP contribution in [0.2, 0.25) is 19.6 Å². The standard InChI is InChI=1S/C20H29NO2Si/c1-13-17-10-15(22)11-20(17,21)12-18(24(3,4)5)19(13)14-7-6-8-16(9-14)23-2/h6-9,15,17,22H,1,10-12,21H2,2-5H3/t15-,17+,20-/m0/s1. The van der Waals surface area contributed by atoms with Crippen molar-refractivity contribution in [2.75, 3.05) is 7.11 Å². The molecule has 0 bridgehead atoms. The van der Waals surface area contributed by atoms with E-state index in [-0.39, 0.29) is 17.6 Å². The lowest BCUT2D eigenvalue weighted by Gasteiger charge is -2.43. The van der Waals surface area contributed by atoms with Crippen molar-refractivity contribution < 1.29 is 9.84 Å². The van der Waals surface area contributed by atoms with Gasteiger partial charge in [0.05, 0.1) is 21.3 Å². The number of aliphatic hydroxyl groups excluding tert-OH is 1. The molecule has 1 fully saturated rings. The third-order valence-corrected chi connectivity index (χ3v) is 7.87. The topological polar surface area (TPSA) is 55.5 Å². The number of benzene rings is 1. The second-order valence-corrected chi connectivity index (χ2v) is 13.5. The van der Waals surface area contributed by atoms with Crippen molar-refractivity contribution in [2.24, 2.45) is 11.7 Å². The van der Waals surface area contributed by atoms with E-state index in [4.69, 9.17) is 10.5 Å². The summed E-state index contributed by atoms with van der Waals surface area (Å²) in [5, 5.41) is 11.7. The van der Waals surface area contributed by atoms with Crippen LogP contribution < -0.4 is 10.5 Å². The number of methoxy groups -OCH3 is 1. The highest BCUT2D eigenvalue weighted by molar-refractivity contribution is 6.84. The molecule has 3 atom stereocenters. The van der Waals surface area contributed by atoms with Crippen LogP contribution in [0, 0.1) is 5.92 Å². The summed E-state index contributed by atoms with van der Waals surface area (Å²) >= 11 is 0. The molecule has 4 heteroatoms. The monoisotopic (exact) mass is 343 g/mol. The molecular formula is C20H29NO2Si. The lowest BCUT2D eigenvalue weighted by molar-refractivity contribution is 0.173. The minimum atomic E-state index is -1.58. The Balaban J connectivity index is 2.18. The molecule has 3 nitrogen and oxygen atoms in total. The summed E-state index contributed by atoms with van der Waals surface area (Å²) in [7, 11) is 0.111. The molecule has 1 aromatic carbocycles. The van der Waals surface area contributed by atoms with Crippen molar-refractivity contribution >= 4 is 13.6 Å². The Morgan fingerprint density at radius 3 is 2.67 bits per heavy atom. The maximum Gasteiger partial charge on any atom is 0.119 e. The molecule has 2 aliphatic carbocycles. The zero-order valence-electron chi connectivity index (χ0n) is 15.2. The van der Waals surface area contributed by atoms with Gasteiger partial charge in [-0.25, -0.2) is 0 Å². The SMILES string of the molecule is C=C1C(c2cccc(OC)c2)=C([Si](C)(C)C)C[C@@]2(N)C[C@@H](O)C[C@H]12. The summed E-state index contributed by atoms with van der Waals surface area (Å²) < 4.78 is 5.42. The lowest BCUT2D eigenvalue weighted by atomic mass is 9.72. The number of nitrogens with two attached hydrogens (primary N) is 1. The molecule has 0 spiro atoms. The number of hydrogen-bond acceptors (Lipinski definition) is 3. The van der Waals surface area contributed by atoms with Gasteiger partial charge in [-0.05, 0) is 48.1 Å². The normalized spacial score (nSPS) is 30.5. The molecule has 3 rings (SSSR count).